The number of nitrogens with one attached hydrogen (secondary N) is 1. The van der Waals surface area contributed by atoms with Gasteiger partial charge < -0.3 is 0 Å². The highest BCUT2D eigenvalue weighted by molar-refractivity contribution is 7.16. The van der Waals surface area contributed by atoms with Gasteiger partial charge in [-0.1, -0.05) is 12.1 Å². The number of thiophene rings is 1. The number of rotatable bonds is 4. The molecule has 29 heavy (non-hydrogen) atoms. The maximum atomic E-state index is 12.8. The van der Waals surface area contributed by atoms with Crippen LogP contribution in [0.5, 0.6) is 0 Å². The summed E-state index contributed by atoms with van der Waals surface area (Å²) < 4.78 is 3.37. The van der Waals surface area contributed by atoms with E-state index >= 15 is 0 Å². The monoisotopic (exact) mass is 411 g/mol. The van der Waals surface area contributed by atoms with Crippen LogP contribution in [0.1, 0.15) is 12.7 Å². The van der Waals surface area contributed by atoms with Crippen LogP contribution >= 0.6 is 11.3 Å². The molecular weight excluding hydrogens is 394 g/mol. The van der Waals surface area contributed by atoms with Crippen LogP contribution in [0.25, 0.3) is 21.1 Å². The maximum absolute atomic E-state index is 12.8. The average molecular weight is 411 g/mol. The molecule has 0 bridgehead atoms. The fourth-order valence-electron chi connectivity index (χ4n) is 3.25. The van der Waals surface area contributed by atoms with Crippen LogP contribution in [0.2, 0.25) is 0 Å². The molecule has 0 saturated heterocycles. The Balaban J connectivity index is 1.77. The fourth-order valence-corrected chi connectivity index (χ4v) is 4.05. The molecule has 0 atom stereocenters. The molecule has 1 aromatic carbocycles. The van der Waals surface area contributed by atoms with Crippen molar-refractivity contribution in [2.45, 2.75) is 26.9 Å². The predicted octanol–water partition coefficient (Wildman–Crippen LogP) is 1.03. The van der Waals surface area contributed by atoms with Gasteiger partial charge in [-0.2, -0.15) is 0 Å². The normalized spacial score (nSPS) is 11.2. The van der Waals surface area contributed by atoms with Gasteiger partial charge in [0.15, 0.2) is 0 Å². The third-order valence-electron chi connectivity index (χ3n) is 4.65. The number of amides is 1. The number of aryl methyl sites for hydroxylation is 1. The molecule has 0 aliphatic carbocycles. The number of hydrogen-bond donors (Lipinski definition) is 1. The number of benzene rings is 1. The van der Waals surface area contributed by atoms with Crippen molar-refractivity contribution in [2.24, 2.45) is 0 Å². The minimum absolute atomic E-state index is 0.182. The van der Waals surface area contributed by atoms with Crippen molar-refractivity contribution in [1.82, 2.24) is 18.8 Å². The van der Waals surface area contributed by atoms with Crippen LogP contribution in [0.3, 0.4) is 0 Å². The van der Waals surface area contributed by atoms with E-state index in [9.17, 15) is 19.2 Å². The zero-order chi connectivity index (χ0) is 20.7. The summed E-state index contributed by atoms with van der Waals surface area (Å²) in [4.78, 5) is 55.5. The third kappa shape index (κ3) is 3.07. The Labute approximate surface area is 167 Å². The lowest BCUT2D eigenvalue weighted by atomic mass is 10.2. The number of carbonyl (C=O) groups excluding carboxylic acids is 1. The number of nitrogens with zero attached hydrogens (tertiary/aromatic N) is 4. The molecule has 4 aromatic rings. The van der Waals surface area contributed by atoms with Crippen molar-refractivity contribution in [1.29, 1.82) is 0 Å². The molecule has 10 heteroatoms. The quantitative estimate of drug-likeness (QED) is 0.540. The van der Waals surface area contributed by atoms with Gasteiger partial charge in [0.05, 0.1) is 16.3 Å². The van der Waals surface area contributed by atoms with Crippen LogP contribution in [0.4, 0.5) is 0 Å². The Morgan fingerprint density at radius 2 is 1.83 bits per heavy atom. The van der Waals surface area contributed by atoms with Crippen LogP contribution in [-0.2, 0) is 17.9 Å². The van der Waals surface area contributed by atoms with Gasteiger partial charge >= 0.3 is 5.69 Å². The van der Waals surface area contributed by atoms with Gasteiger partial charge in [0.25, 0.3) is 17.0 Å². The number of hydrogen-bond acceptors (Lipinski definition) is 6. The summed E-state index contributed by atoms with van der Waals surface area (Å²) in [5, 5.41) is 2.50. The number of aromatic nitrogens is 4. The van der Waals surface area contributed by atoms with Gasteiger partial charge in [0.2, 0.25) is 0 Å². The molecule has 0 aliphatic heterocycles. The molecule has 0 radical (unpaired) electrons. The SMILES string of the molecule is CCn1c(=O)c2ccccc2n(CC(=O)Nn2c(C)nc3sccc3c2=O)c1=O. The fraction of sp³-hybridized carbons (Fsp3) is 0.211. The molecule has 0 unspecified atom stereocenters. The van der Waals surface area contributed by atoms with Gasteiger partial charge in [-0.05, 0) is 37.4 Å². The predicted molar refractivity (Wildman–Crippen MR) is 111 cm³/mol. The van der Waals surface area contributed by atoms with E-state index in [2.05, 4.69) is 10.4 Å². The van der Waals surface area contributed by atoms with Crippen LogP contribution < -0.4 is 22.2 Å². The van der Waals surface area contributed by atoms with Crippen molar-refractivity contribution in [3.63, 3.8) is 0 Å². The van der Waals surface area contributed by atoms with E-state index in [1.165, 1.54) is 15.9 Å². The molecule has 9 nitrogen and oxygen atoms in total. The molecule has 148 valence electrons. The lowest BCUT2D eigenvalue weighted by molar-refractivity contribution is -0.117. The molecule has 0 aliphatic rings. The maximum Gasteiger partial charge on any atom is 0.331 e. The largest absolute Gasteiger partial charge is 0.331 e. The first kappa shape index (κ1) is 18.8. The summed E-state index contributed by atoms with van der Waals surface area (Å²) in [6.07, 6.45) is 0. The second-order valence-corrected chi connectivity index (χ2v) is 7.30. The number of para-hydroxylation sites is 1. The van der Waals surface area contributed by atoms with E-state index < -0.39 is 22.7 Å². The second kappa shape index (κ2) is 7.13. The van der Waals surface area contributed by atoms with Crippen molar-refractivity contribution >= 4 is 38.4 Å². The van der Waals surface area contributed by atoms with E-state index in [4.69, 9.17) is 0 Å². The van der Waals surface area contributed by atoms with Crippen LogP contribution in [-0.4, -0.2) is 24.7 Å². The van der Waals surface area contributed by atoms with Crippen LogP contribution in [0, 0.1) is 6.92 Å². The first-order valence-electron chi connectivity index (χ1n) is 8.91. The summed E-state index contributed by atoms with van der Waals surface area (Å²) >= 11 is 1.34. The van der Waals surface area contributed by atoms with Gasteiger partial charge in [-0.25, -0.2) is 14.5 Å². The molecule has 3 heterocycles. The lowest BCUT2D eigenvalue weighted by Crippen LogP contribution is -2.43. The summed E-state index contributed by atoms with van der Waals surface area (Å²) in [5.41, 5.74) is 1.50. The summed E-state index contributed by atoms with van der Waals surface area (Å²) in [7, 11) is 0. The first-order chi connectivity index (χ1) is 13.9. The minimum Gasteiger partial charge on any atom is -0.284 e. The standard InChI is InChI=1S/C19H17N5O4S/c1-3-22-17(26)12-6-4-5-7-14(12)23(19(22)28)10-15(25)21-24-11(2)20-16-13(18(24)27)8-9-29-16/h4-9H,3,10H2,1-2H3,(H,21,25). The van der Waals surface area contributed by atoms with E-state index in [0.717, 1.165) is 9.24 Å². The highest BCUT2D eigenvalue weighted by Crippen LogP contribution is 2.14. The van der Waals surface area contributed by atoms with Crippen LogP contribution in [0.15, 0.2) is 50.1 Å². The Morgan fingerprint density at radius 3 is 2.59 bits per heavy atom. The lowest BCUT2D eigenvalue weighted by Gasteiger charge is -2.14. The van der Waals surface area contributed by atoms with Gasteiger partial charge in [-0.15, -0.1) is 11.3 Å². The molecule has 0 saturated carbocycles. The summed E-state index contributed by atoms with van der Waals surface area (Å²) in [5.74, 6) is -0.255. The number of carbonyl (C=O) groups is 1. The molecule has 3 aromatic heterocycles. The van der Waals surface area contributed by atoms with Crippen molar-refractivity contribution in [2.75, 3.05) is 5.43 Å². The topological polar surface area (TPSA) is 108 Å². The highest BCUT2D eigenvalue weighted by Gasteiger charge is 2.16. The Kier molecular flexibility index (Phi) is 4.63. The average Bonchev–Trinajstić information content (AvgIpc) is 3.17. The first-order valence-corrected chi connectivity index (χ1v) is 9.79. The van der Waals surface area contributed by atoms with E-state index in [1.807, 2.05) is 0 Å². The molecule has 0 spiro atoms. The van der Waals surface area contributed by atoms with Crippen molar-refractivity contribution in [3.05, 3.63) is 72.7 Å². The van der Waals surface area contributed by atoms with E-state index in [0.29, 0.717) is 26.9 Å². The van der Waals surface area contributed by atoms with Crippen molar-refractivity contribution in [3.8, 4) is 0 Å². The highest BCUT2D eigenvalue weighted by atomic mass is 32.1. The molecule has 4 rings (SSSR count). The van der Waals surface area contributed by atoms with Gasteiger partial charge in [-0.3, -0.25) is 28.9 Å². The molecule has 1 N–H and O–H groups in total. The van der Waals surface area contributed by atoms with E-state index in [-0.39, 0.29) is 13.1 Å². The van der Waals surface area contributed by atoms with E-state index in [1.54, 1.807) is 49.6 Å². The Bertz CT molecular complexity index is 1440. The molecule has 1 amide bonds. The second-order valence-electron chi connectivity index (χ2n) is 6.41. The summed E-state index contributed by atoms with van der Waals surface area (Å²) in [6.45, 7) is 3.13. The Morgan fingerprint density at radius 1 is 1.07 bits per heavy atom. The smallest absolute Gasteiger partial charge is 0.284 e. The zero-order valence-corrected chi connectivity index (χ0v) is 16.5. The molecular formula is C19H17N5O4S. The summed E-state index contributed by atoms with van der Waals surface area (Å²) in [6, 6.07) is 8.26. The number of fused-ring (bicyclic) bond motifs is 2. The van der Waals surface area contributed by atoms with Gasteiger partial charge in [0, 0.05) is 6.54 Å². The Hall–Kier alpha value is -3.53. The molecule has 0 fully saturated rings. The van der Waals surface area contributed by atoms with Gasteiger partial charge in [0.1, 0.15) is 17.2 Å². The minimum atomic E-state index is -0.583. The zero-order valence-electron chi connectivity index (χ0n) is 15.7. The van der Waals surface area contributed by atoms with Crippen molar-refractivity contribution < 1.29 is 4.79 Å². The third-order valence-corrected chi connectivity index (χ3v) is 5.46.